The second-order valence-corrected chi connectivity index (χ2v) is 6.69. The molecule has 0 aromatic carbocycles. The van der Waals surface area contributed by atoms with E-state index < -0.39 is 9.84 Å². The van der Waals surface area contributed by atoms with E-state index in [0.717, 1.165) is 25.9 Å². The number of likely N-dealkylation sites (N-methyl/N-ethyl adjacent to an activating group) is 1. The third-order valence-electron chi connectivity index (χ3n) is 3.30. The van der Waals surface area contributed by atoms with Crippen LogP contribution >= 0.6 is 0 Å². The predicted molar refractivity (Wildman–Crippen MR) is 71.6 cm³/mol. The molecule has 2 rings (SSSR count). The van der Waals surface area contributed by atoms with E-state index in [4.69, 9.17) is 0 Å². The minimum absolute atomic E-state index is 0.300. The molecule has 1 aromatic rings. The molecule has 1 unspecified atom stereocenters. The van der Waals surface area contributed by atoms with Crippen molar-refractivity contribution < 1.29 is 8.42 Å². The highest BCUT2D eigenvalue weighted by Gasteiger charge is 2.23. The summed E-state index contributed by atoms with van der Waals surface area (Å²) in [6.07, 6.45) is 5.02. The molecule has 1 fully saturated rings. The molecular formula is C12H19N3O2S. The van der Waals surface area contributed by atoms with Gasteiger partial charge in [0.1, 0.15) is 10.7 Å². The second kappa shape index (κ2) is 5.24. The predicted octanol–water partition coefficient (Wildman–Crippen LogP) is 0.673. The van der Waals surface area contributed by atoms with Crippen molar-refractivity contribution in [1.82, 2.24) is 10.3 Å². The lowest BCUT2D eigenvalue weighted by molar-refractivity contribution is 0.442. The molecular weight excluding hydrogens is 250 g/mol. The Bertz CT molecular complexity index is 510. The molecule has 0 spiro atoms. The van der Waals surface area contributed by atoms with Gasteiger partial charge in [-0.1, -0.05) is 0 Å². The van der Waals surface area contributed by atoms with Crippen LogP contribution in [0.1, 0.15) is 12.8 Å². The van der Waals surface area contributed by atoms with E-state index in [0.29, 0.717) is 16.8 Å². The molecule has 5 nitrogen and oxygen atoms in total. The van der Waals surface area contributed by atoms with Crippen LogP contribution in [0.25, 0.3) is 0 Å². The zero-order valence-electron chi connectivity index (χ0n) is 10.8. The summed E-state index contributed by atoms with van der Waals surface area (Å²) in [5.74, 6) is 0.550. The van der Waals surface area contributed by atoms with Crippen molar-refractivity contribution in [2.24, 2.45) is 0 Å². The Morgan fingerprint density at radius 2 is 2.28 bits per heavy atom. The van der Waals surface area contributed by atoms with Gasteiger partial charge in [-0.15, -0.1) is 0 Å². The topological polar surface area (TPSA) is 62.3 Å². The third kappa shape index (κ3) is 2.81. The maximum Gasteiger partial charge on any atom is 0.179 e. The molecule has 1 aliphatic rings. The zero-order chi connectivity index (χ0) is 13.2. The normalized spacial score (nSPS) is 20.7. The highest BCUT2D eigenvalue weighted by molar-refractivity contribution is 7.90. The second-order valence-electron chi connectivity index (χ2n) is 4.71. The summed E-state index contributed by atoms with van der Waals surface area (Å²) in [6.45, 7) is 1.90. The van der Waals surface area contributed by atoms with Gasteiger partial charge < -0.3 is 10.2 Å². The minimum atomic E-state index is -3.24. The fourth-order valence-electron chi connectivity index (χ4n) is 2.27. The molecule has 1 aromatic heterocycles. The maximum absolute atomic E-state index is 11.8. The van der Waals surface area contributed by atoms with Gasteiger partial charge in [-0.05, 0) is 31.5 Å². The quantitative estimate of drug-likeness (QED) is 0.874. The monoisotopic (exact) mass is 269 g/mol. The Labute approximate surface area is 108 Å². The van der Waals surface area contributed by atoms with E-state index in [1.54, 1.807) is 18.3 Å². The Balaban J connectivity index is 2.32. The molecule has 6 heteroatoms. The lowest BCUT2D eigenvalue weighted by Gasteiger charge is -2.33. The van der Waals surface area contributed by atoms with E-state index in [-0.39, 0.29) is 0 Å². The van der Waals surface area contributed by atoms with E-state index in [9.17, 15) is 8.42 Å². The first-order valence-electron chi connectivity index (χ1n) is 6.09. The molecule has 0 amide bonds. The summed E-state index contributed by atoms with van der Waals surface area (Å²) in [5.41, 5.74) is 0. The van der Waals surface area contributed by atoms with Crippen LogP contribution in [0.5, 0.6) is 0 Å². The fourth-order valence-corrected chi connectivity index (χ4v) is 3.13. The Morgan fingerprint density at radius 3 is 2.89 bits per heavy atom. The number of anilines is 1. The Kier molecular flexibility index (Phi) is 3.87. The van der Waals surface area contributed by atoms with Crippen LogP contribution in [0, 0.1) is 0 Å². The average molecular weight is 269 g/mol. The first-order valence-corrected chi connectivity index (χ1v) is 7.98. The lowest BCUT2D eigenvalue weighted by atomic mass is 10.1. The van der Waals surface area contributed by atoms with Crippen molar-refractivity contribution in [2.45, 2.75) is 23.8 Å². The number of aromatic nitrogens is 1. The van der Waals surface area contributed by atoms with Gasteiger partial charge in [0.15, 0.2) is 9.84 Å². The molecule has 100 valence electrons. The number of rotatable bonds is 3. The summed E-state index contributed by atoms with van der Waals surface area (Å²) in [7, 11) is -1.33. The van der Waals surface area contributed by atoms with E-state index in [1.807, 2.05) is 11.9 Å². The number of nitrogens with one attached hydrogen (secondary N) is 1. The minimum Gasteiger partial charge on any atom is -0.354 e. The highest BCUT2D eigenvalue weighted by Crippen LogP contribution is 2.24. The van der Waals surface area contributed by atoms with Gasteiger partial charge in [0.2, 0.25) is 0 Å². The number of sulfone groups is 1. The van der Waals surface area contributed by atoms with Crippen LogP contribution in [0.15, 0.2) is 23.2 Å². The van der Waals surface area contributed by atoms with Crippen LogP contribution in [-0.2, 0) is 9.84 Å². The van der Waals surface area contributed by atoms with Gasteiger partial charge in [-0.2, -0.15) is 0 Å². The van der Waals surface area contributed by atoms with Crippen molar-refractivity contribution in [3.63, 3.8) is 0 Å². The standard InChI is InChI=1S/C12H19N3O2S/c1-15(10-5-3-7-13-9-10)12-11(18(2,16)17)6-4-8-14-12/h4,6,8,10,13H,3,5,7,9H2,1-2H3. The van der Waals surface area contributed by atoms with Crippen molar-refractivity contribution in [3.05, 3.63) is 18.3 Å². The van der Waals surface area contributed by atoms with Crippen molar-refractivity contribution in [1.29, 1.82) is 0 Å². The van der Waals surface area contributed by atoms with Crippen molar-refractivity contribution in [3.8, 4) is 0 Å². The van der Waals surface area contributed by atoms with Crippen molar-refractivity contribution in [2.75, 3.05) is 31.3 Å². The molecule has 1 saturated heterocycles. The third-order valence-corrected chi connectivity index (χ3v) is 4.42. The number of piperidine rings is 1. The number of hydrogen-bond acceptors (Lipinski definition) is 5. The molecule has 1 N–H and O–H groups in total. The Morgan fingerprint density at radius 1 is 1.50 bits per heavy atom. The molecule has 0 aliphatic carbocycles. The van der Waals surface area contributed by atoms with Gasteiger partial charge in [0.05, 0.1) is 0 Å². The van der Waals surface area contributed by atoms with Gasteiger partial charge >= 0.3 is 0 Å². The van der Waals surface area contributed by atoms with Gasteiger partial charge in [0.25, 0.3) is 0 Å². The van der Waals surface area contributed by atoms with Crippen LogP contribution in [0.2, 0.25) is 0 Å². The fraction of sp³-hybridized carbons (Fsp3) is 0.583. The van der Waals surface area contributed by atoms with E-state index in [1.165, 1.54) is 6.26 Å². The summed E-state index contributed by atoms with van der Waals surface area (Å²) in [6, 6.07) is 3.58. The average Bonchev–Trinajstić information content (AvgIpc) is 2.38. The SMILES string of the molecule is CN(c1ncccc1S(C)(=O)=O)C1CCCNC1. The van der Waals surface area contributed by atoms with E-state index in [2.05, 4.69) is 10.3 Å². The van der Waals surface area contributed by atoms with Gasteiger partial charge in [0, 0.05) is 32.1 Å². The summed E-state index contributed by atoms with van der Waals surface area (Å²) >= 11 is 0. The van der Waals surface area contributed by atoms with Crippen LogP contribution in [-0.4, -0.2) is 45.8 Å². The van der Waals surface area contributed by atoms with Crippen molar-refractivity contribution >= 4 is 15.7 Å². The summed E-state index contributed by atoms with van der Waals surface area (Å²) in [5, 5.41) is 3.32. The first-order chi connectivity index (χ1) is 8.50. The van der Waals surface area contributed by atoms with Crippen LogP contribution in [0.4, 0.5) is 5.82 Å². The highest BCUT2D eigenvalue weighted by atomic mass is 32.2. The van der Waals surface area contributed by atoms with Crippen LogP contribution in [0.3, 0.4) is 0 Å². The van der Waals surface area contributed by atoms with Gasteiger partial charge in [-0.25, -0.2) is 13.4 Å². The Hall–Kier alpha value is -1.14. The number of hydrogen-bond donors (Lipinski definition) is 1. The van der Waals surface area contributed by atoms with E-state index >= 15 is 0 Å². The molecule has 0 saturated carbocycles. The molecule has 1 atom stereocenters. The molecule has 0 bridgehead atoms. The molecule has 0 radical (unpaired) electrons. The smallest absolute Gasteiger partial charge is 0.179 e. The zero-order valence-corrected chi connectivity index (χ0v) is 11.6. The maximum atomic E-state index is 11.8. The number of nitrogens with zero attached hydrogens (tertiary/aromatic N) is 2. The number of pyridine rings is 1. The van der Waals surface area contributed by atoms with Crippen LogP contribution < -0.4 is 10.2 Å². The summed E-state index contributed by atoms with van der Waals surface area (Å²) < 4.78 is 23.5. The van der Waals surface area contributed by atoms with Gasteiger partial charge in [-0.3, -0.25) is 0 Å². The molecule has 1 aliphatic heterocycles. The molecule has 18 heavy (non-hydrogen) atoms. The molecule has 2 heterocycles. The first kappa shape index (κ1) is 13.3. The largest absolute Gasteiger partial charge is 0.354 e. The summed E-state index contributed by atoms with van der Waals surface area (Å²) in [4.78, 5) is 6.52. The lowest BCUT2D eigenvalue weighted by Crippen LogP contribution is -2.44.